The molecule has 0 spiro atoms. The van der Waals surface area contributed by atoms with Crippen LogP contribution < -0.4 is 10.6 Å². The van der Waals surface area contributed by atoms with E-state index in [1.807, 2.05) is 0 Å². The second-order valence-electron chi connectivity index (χ2n) is 4.94. The quantitative estimate of drug-likeness (QED) is 0.834. The van der Waals surface area contributed by atoms with Crippen molar-refractivity contribution in [2.45, 2.75) is 45.1 Å². The molecule has 17 heavy (non-hydrogen) atoms. The number of hydrogen-bond acceptors (Lipinski definition) is 4. The Morgan fingerprint density at radius 1 is 1.35 bits per heavy atom. The molecular weight excluding hydrogens is 212 g/mol. The number of rotatable bonds is 3. The maximum atomic E-state index is 4.79. The van der Waals surface area contributed by atoms with Crippen LogP contribution in [-0.4, -0.2) is 23.1 Å². The number of hydrogen-bond donors (Lipinski definition) is 2. The van der Waals surface area contributed by atoms with Crippen LogP contribution in [0, 0.1) is 0 Å². The Morgan fingerprint density at radius 2 is 2.24 bits per heavy atom. The zero-order chi connectivity index (χ0) is 11.7. The van der Waals surface area contributed by atoms with Crippen LogP contribution in [0.4, 0.5) is 5.82 Å². The lowest BCUT2D eigenvalue weighted by Crippen LogP contribution is -2.28. The lowest BCUT2D eigenvalue weighted by atomic mass is 9.84. The average Bonchev–Trinajstić information content (AvgIpc) is 2.27. The summed E-state index contributed by atoms with van der Waals surface area (Å²) in [5.74, 6) is 2.76. The van der Waals surface area contributed by atoms with Crippen molar-refractivity contribution in [3.63, 3.8) is 0 Å². The van der Waals surface area contributed by atoms with E-state index in [2.05, 4.69) is 17.6 Å². The standard InChI is InChI=1S/C13H20N4/c1-2-15-13-10-8-14-7-6-11(10)16-12(17-13)9-4-3-5-9/h9,14H,2-8H2,1H3,(H,15,16,17). The maximum absolute atomic E-state index is 4.79. The van der Waals surface area contributed by atoms with E-state index in [-0.39, 0.29) is 0 Å². The van der Waals surface area contributed by atoms with Crippen molar-refractivity contribution in [2.75, 3.05) is 18.4 Å². The summed E-state index contributed by atoms with van der Waals surface area (Å²) in [7, 11) is 0. The molecule has 0 radical (unpaired) electrons. The van der Waals surface area contributed by atoms with Crippen LogP contribution in [0.25, 0.3) is 0 Å². The van der Waals surface area contributed by atoms with Crippen molar-refractivity contribution in [1.82, 2.24) is 15.3 Å². The lowest BCUT2D eigenvalue weighted by molar-refractivity contribution is 0.399. The molecule has 1 aliphatic heterocycles. The fraction of sp³-hybridized carbons (Fsp3) is 0.692. The topological polar surface area (TPSA) is 49.8 Å². The fourth-order valence-electron chi connectivity index (χ4n) is 2.52. The van der Waals surface area contributed by atoms with Gasteiger partial charge >= 0.3 is 0 Å². The first-order valence-corrected chi connectivity index (χ1v) is 6.72. The lowest BCUT2D eigenvalue weighted by Gasteiger charge is -2.27. The Kier molecular flexibility index (Phi) is 2.97. The van der Waals surface area contributed by atoms with Crippen molar-refractivity contribution in [1.29, 1.82) is 0 Å². The molecule has 4 heteroatoms. The van der Waals surface area contributed by atoms with E-state index in [0.29, 0.717) is 5.92 Å². The molecule has 1 aromatic heterocycles. The fourth-order valence-corrected chi connectivity index (χ4v) is 2.52. The van der Waals surface area contributed by atoms with Crippen LogP contribution in [0.1, 0.15) is 49.2 Å². The largest absolute Gasteiger partial charge is 0.370 e. The summed E-state index contributed by atoms with van der Waals surface area (Å²) in [5.41, 5.74) is 2.54. The zero-order valence-corrected chi connectivity index (χ0v) is 10.4. The number of fused-ring (bicyclic) bond motifs is 1. The molecule has 92 valence electrons. The molecule has 0 amide bonds. The first-order valence-electron chi connectivity index (χ1n) is 6.72. The van der Waals surface area contributed by atoms with Gasteiger partial charge in [-0.3, -0.25) is 0 Å². The molecule has 2 aliphatic rings. The van der Waals surface area contributed by atoms with Gasteiger partial charge in [0, 0.05) is 37.5 Å². The monoisotopic (exact) mass is 232 g/mol. The number of nitrogens with one attached hydrogen (secondary N) is 2. The molecule has 1 aromatic rings. The summed E-state index contributed by atoms with van der Waals surface area (Å²) in [5, 5.41) is 6.78. The average molecular weight is 232 g/mol. The normalized spacial score (nSPS) is 19.6. The Hall–Kier alpha value is -1.16. The van der Waals surface area contributed by atoms with Crippen molar-refractivity contribution >= 4 is 5.82 Å². The summed E-state index contributed by atoms with van der Waals surface area (Å²) in [6, 6.07) is 0. The van der Waals surface area contributed by atoms with Crippen LogP contribution in [0.3, 0.4) is 0 Å². The van der Waals surface area contributed by atoms with Gasteiger partial charge in [0.1, 0.15) is 11.6 Å². The van der Waals surface area contributed by atoms with Gasteiger partial charge in [0.05, 0.1) is 5.69 Å². The van der Waals surface area contributed by atoms with Gasteiger partial charge in [-0.05, 0) is 19.8 Å². The molecule has 1 saturated carbocycles. The smallest absolute Gasteiger partial charge is 0.134 e. The Bertz CT molecular complexity index is 412. The summed E-state index contributed by atoms with van der Waals surface area (Å²) in [4.78, 5) is 9.52. The zero-order valence-electron chi connectivity index (χ0n) is 10.4. The SMILES string of the molecule is CCNc1nc(C2CCC2)nc2c1CNCC2. The first kappa shape index (κ1) is 11.0. The predicted octanol–water partition coefficient (Wildman–Crippen LogP) is 1.82. The van der Waals surface area contributed by atoms with Gasteiger partial charge in [-0.2, -0.15) is 0 Å². The van der Waals surface area contributed by atoms with Gasteiger partial charge in [0.2, 0.25) is 0 Å². The summed E-state index contributed by atoms with van der Waals surface area (Å²) in [6.45, 7) is 4.99. The van der Waals surface area contributed by atoms with E-state index in [1.165, 1.54) is 30.5 Å². The molecule has 1 fully saturated rings. The Morgan fingerprint density at radius 3 is 2.94 bits per heavy atom. The van der Waals surface area contributed by atoms with Crippen molar-refractivity contribution in [2.24, 2.45) is 0 Å². The molecule has 0 saturated heterocycles. The van der Waals surface area contributed by atoms with E-state index in [0.717, 1.165) is 37.7 Å². The summed E-state index contributed by atoms with van der Waals surface area (Å²) in [6.07, 6.45) is 4.91. The molecule has 1 aliphatic carbocycles. The van der Waals surface area contributed by atoms with E-state index >= 15 is 0 Å². The van der Waals surface area contributed by atoms with Crippen LogP contribution in [0.2, 0.25) is 0 Å². The minimum absolute atomic E-state index is 0.618. The molecule has 0 atom stereocenters. The number of anilines is 1. The Balaban J connectivity index is 1.98. The maximum Gasteiger partial charge on any atom is 0.134 e. The highest BCUT2D eigenvalue weighted by Gasteiger charge is 2.25. The van der Waals surface area contributed by atoms with E-state index in [1.54, 1.807) is 0 Å². The third-order valence-corrected chi connectivity index (χ3v) is 3.76. The van der Waals surface area contributed by atoms with Gasteiger partial charge in [0.25, 0.3) is 0 Å². The summed E-state index contributed by atoms with van der Waals surface area (Å²) < 4.78 is 0. The molecule has 0 bridgehead atoms. The van der Waals surface area contributed by atoms with Crippen LogP contribution in [0.5, 0.6) is 0 Å². The van der Waals surface area contributed by atoms with Gasteiger partial charge in [-0.1, -0.05) is 6.42 Å². The molecule has 0 aromatic carbocycles. The third kappa shape index (κ3) is 2.02. The Labute approximate surface area is 102 Å². The van der Waals surface area contributed by atoms with Gasteiger partial charge in [-0.25, -0.2) is 9.97 Å². The van der Waals surface area contributed by atoms with Crippen molar-refractivity contribution in [3.05, 3.63) is 17.1 Å². The summed E-state index contributed by atoms with van der Waals surface area (Å²) >= 11 is 0. The van der Waals surface area contributed by atoms with Crippen LogP contribution in [-0.2, 0) is 13.0 Å². The number of aromatic nitrogens is 2. The number of nitrogens with zero attached hydrogens (tertiary/aromatic N) is 2. The van der Waals surface area contributed by atoms with E-state index in [4.69, 9.17) is 9.97 Å². The van der Waals surface area contributed by atoms with Crippen LogP contribution in [0.15, 0.2) is 0 Å². The minimum atomic E-state index is 0.618. The molecular formula is C13H20N4. The highest BCUT2D eigenvalue weighted by molar-refractivity contribution is 5.48. The third-order valence-electron chi connectivity index (χ3n) is 3.76. The molecule has 2 heterocycles. The second kappa shape index (κ2) is 4.61. The van der Waals surface area contributed by atoms with Crippen molar-refractivity contribution in [3.8, 4) is 0 Å². The highest BCUT2D eigenvalue weighted by Crippen LogP contribution is 2.35. The molecule has 2 N–H and O–H groups in total. The minimum Gasteiger partial charge on any atom is -0.370 e. The highest BCUT2D eigenvalue weighted by atomic mass is 15.1. The van der Waals surface area contributed by atoms with Gasteiger partial charge in [0.15, 0.2) is 0 Å². The second-order valence-corrected chi connectivity index (χ2v) is 4.94. The van der Waals surface area contributed by atoms with Crippen molar-refractivity contribution < 1.29 is 0 Å². The van der Waals surface area contributed by atoms with Gasteiger partial charge in [-0.15, -0.1) is 0 Å². The molecule has 0 unspecified atom stereocenters. The van der Waals surface area contributed by atoms with E-state index < -0.39 is 0 Å². The van der Waals surface area contributed by atoms with Crippen LogP contribution >= 0.6 is 0 Å². The van der Waals surface area contributed by atoms with E-state index in [9.17, 15) is 0 Å². The molecule has 4 nitrogen and oxygen atoms in total. The molecule has 3 rings (SSSR count). The van der Waals surface area contributed by atoms with Gasteiger partial charge < -0.3 is 10.6 Å². The predicted molar refractivity (Wildman–Crippen MR) is 68.2 cm³/mol. The first-order chi connectivity index (χ1) is 8.38.